The molecule has 8 aromatic rings. The highest BCUT2D eigenvalue weighted by molar-refractivity contribution is 5.66. The second kappa shape index (κ2) is 35.5. The summed E-state index contributed by atoms with van der Waals surface area (Å²) in [5.74, 6) is 0. The van der Waals surface area contributed by atoms with Gasteiger partial charge in [0.1, 0.15) is 0 Å². The molecule has 0 saturated heterocycles. The van der Waals surface area contributed by atoms with Crippen LogP contribution in [0.4, 0.5) is 0 Å². The number of hydrogen-bond acceptors (Lipinski definition) is 0. The molecular weight excluding hydrogens is 925 g/mol. The van der Waals surface area contributed by atoms with Gasteiger partial charge in [-0.15, -0.1) is 19.7 Å². The molecule has 0 aliphatic rings. The minimum Gasteiger partial charge on any atom is -0.103 e. The van der Waals surface area contributed by atoms with Crippen LogP contribution in [-0.2, 0) is 38.5 Å². The van der Waals surface area contributed by atoms with Crippen molar-refractivity contribution in [2.75, 3.05) is 0 Å². The predicted molar refractivity (Wildman–Crippen MR) is 342 cm³/mol. The van der Waals surface area contributed by atoms with Crippen molar-refractivity contribution in [1.29, 1.82) is 0 Å². The Kier molecular flexibility index (Phi) is 27.7. The van der Waals surface area contributed by atoms with E-state index in [1.807, 2.05) is 18.2 Å². The number of aryl methyl sites for hydroxylation is 8. The van der Waals surface area contributed by atoms with Crippen LogP contribution in [0.1, 0.15) is 104 Å². The van der Waals surface area contributed by atoms with E-state index in [2.05, 4.69) is 285 Å². The lowest BCUT2D eigenvalue weighted by molar-refractivity contribution is 0.998. The van der Waals surface area contributed by atoms with E-state index in [0.29, 0.717) is 0 Å². The second-order valence-corrected chi connectivity index (χ2v) is 19.7. The monoisotopic (exact) mass is 1010 g/mol. The molecule has 77 heavy (non-hydrogen) atoms. The van der Waals surface area contributed by atoms with Gasteiger partial charge in [-0.05, 0) is 190 Å². The van der Waals surface area contributed by atoms with Gasteiger partial charge in [-0.25, -0.2) is 0 Å². The summed E-state index contributed by atoms with van der Waals surface area (Å²) in [6, 6.07) is 70.7. The molecule has 394 valence electrons. The Bertz CT molecular complexity index is 2840. The summed E-state index contributed by atoms with van der Waals surface area (Å²) in [4.78, 5) is 0. The van der Waals surface area contributed by atoms with Gasteiger partial charge in [0, 0.05) is 0 Å². The van der Waals surface area contributed by atoms with Crippen LogP contribution in [0, 0.1) is 13.8 Å². The fourth-order valence-corrected chi connectivity index (χ4v) is 8.73. The number of benzene rings is 8. The van der Waals surface area contributed by atoms with Crippen molar-refractivity contribution in [3.05, 3.63) is 313 Å². The van der Waals surface area contributed by atoms with Crippen molar-refractivity contribution in [3.8, 4) is 44.5 Å². The minimum absolute atomic E-state index is 1.04. The third kappa shape index (κ3) is 22.5. The van der Waals surface area contributed by atoms with Crippen molar-refractivity contribution < 1.29 is 0 Å². The van der Waals surface area contributed by atoms with Gasteiger partial charge in [0.15, 0.2) is 0 Å². The highest BCUT2D eigenvalue weighted by Crippen LogP contribution is 2.25. The van der Waals surface area contributed by atoms with Crippen LogP contribution in [0.2, 0.25) is 0 Å². The van der Waals surface area contributed by atoms with Crippen LogP contribution >= 0.6 is 0 Å². The van der Waals surface area contributed by atoms with E-state index < -0.39 is 0 Å². The molecule has 0 unspecified atom stereocenters. The number of hydrogen-bond donors (Lipinski definition) is 0. The first kappa shape index (κ1) is 60.1. The van der Waals surface area contributed by atoms with E-state index in [0.717, 1.165) is 77.0 Å². The van der Waals surface area contributed by atoms with Crippen molar-refractivity contribution in [1.82, 2.24) is 0 Å². The van der Waals surface area contributed by atoms with Gasteiger partial charge < -0.3 is 0 Å². The van der Waals surface area contributed by atoms with E-state index >= 15 is 0 Å². The molecule has 0 fully saturated rings. The second-order valence-electron chi connectivity index (χ2n) is 19.7. The van der Waals surface area contributed by atoms with E-state index in [9.17, 15) is 0 Å². The Balaban J connectivity index is 0.000000190. The first-order chi connectivity index (χ1) is 37.7. The number of allylic oxidation sites excluding steroid dienone is 9. The lowest BCUT2D eigenvalue weighted by atomic mass is 10.00. The van der Waals surface area contributed by atoms with Gasteiger partial charge in [-0.3, -0.25) is 0 Å². The molecule has 0 radical (unpaired) electrons. The Morgan fingerprint density at radius 2 is 0.390 bits per heavy atom. The molecule has 0 saturated carbocycles. The predicted octanol–water partition coefficient (Wildman–Crippen LogP) is 21.9. The standard InChI is InChI=1S/C22H26.C20H22.C18H20.C17H18/c1-3-5-7-9-19-11-15-21(16-12-19)22-17-13-20(14-18-22)10-8-6-4-2;1-3-5-7-17-9-13-19(14-10-17)20-15-11-18(12-16-20)8-6-4-2;1-3-4-5-6-16-9-13-18(14-10-16)17-11-7-15(2)8-12-17;1-3-4-5-15-8-12-17(13-9-15)16-10-6-14(2)7-11-16/h3-6,11-18H,7-10H2,1-2H3;3-4,9-16H,1-2,5-8H2;3-4,7-14H,5-6H2,1-2H3;3,6-13H,1,4-5H2,2H3/b5-3+,6-4+;;4-3+;. The summed E-state index contributed by atoms with van der Waals surface area (Å²) in [6.45, 7) is 21.7. The Hall–Kier alpha value is -7.80. The normalized spacial score (nSPS) is 10.8. The molecule has 0 amide bonds. The Morgan fingerprint density at radius 1 is 0.234 bits per heavy atom. The molecule has 0 aliphatic heterocycles. The van der Waals surface area contributed by atoms with Gasteiger partial charge in [0.2, 0.25) is 0 Å². The third-order valence-electron chi connectivity index (χ3n) is 13.6. The Labute approximate surface area is 466 Å². The molecule has 0 nitrogen and oxygen atoms in total. The molecule has 0 N–H and O–H groups in total. The summed E-state index contributed by atoms with van der Waals surface area (Å²) in [5, 5.41) is 0. The van der Waals surface area contributed by atoms with E-state index in [1.54, 1.807) is 0 Å². The maximum Gasteiger partial charge on any atom is -0.0184 e. The highest BCUT2D eigenvalue weighted by atomic mass is 14.1. The largest absolute Gasteiger partial charge is 0.103 e. The first-order valence-electron chi connectivity index (χ1n) is 28.1. The SMILES string of the molecule is C/C=C/CCc1ccc(-c2ccc(C)cc2)cc1.C/C=C/CCc1ccc(-c2ccc(CC/C=C/C)cc2)cc1.C=CCCc1ccc(-c2ccc(C)cc2)cc1.C=CCCc1ccc(-c2ccc(CCC=C)cc2)cc1. The van der Waals surface area contributed by atoms with Gasteiger partial charge in [0.25, 0.3) is 0 Å². The smallest absolute Gasteiger partial charge is 0.0184 e. The van der Waals surface area contributed by atoms with Gasteiger partial charge >= 0.3 is 0 Å². The zero-order chi connectivity index (χ0) is 54.7. The van der Waals surface area contributed by atoms with Crippen molar-refractivity contribution in [2.45, 2.75) is 112 Å². The molecular formula is C77H86. The quantitative estimate of drug-likeness (QED) is 0.0594. The molecule has 8 rings (SSSR count). The van der Waals surface area contributed by atoms with Gasteiger partial charge in [0.05, 0.1) is 0 Å². The Morgan fingerprint density at radius 3 is 0.545 bits per heavy atom. The zero-order valence-corrected chi connectivity index (χ0v) is 47.3. The fraction of sp³-hybridized carbons (Fsp3) is 0.221. The average Bonchev–Trinajstić information content (AvgIpc) is 3.48. The molecule has 0 atom stereocenters. The van der Waals surface area contributed by atoms with E-state index in [-0.39, 0.29) is 0 Å². The average molecular weight is 1010 g/mol. The summed E-state index contributed by atoms with van der Waals surface area (Å²) < 4.78 is 0. The van der Waals surface area contributed by atoms with Gasteiger partial charge in [-0.1, -0.05) is 260 Å². The topological polar surface area (TPSA) is 0 Å². The van der Waals surface area contributed by atoms with Crippen LogP contribution in [0.15, 0.2) is 269 Å². The lowest BCUT2D eigenvalue weighted by Crippen LogP contribution is -1.86. The summed E-state index contributed by atoms with van der Waals surface area (Å²) in [7, 11) is 0. The molecule has 0 bridgehead atoms. The zero-order valence-electron chi connectivity index (χ0n) is 47.3. The lowest BCUT2D eigenvalue weighted by Gasteiger charge is -2.05. The van der Waals surface area contributed by atoms with Crippen LogP contribution < -0.4 is 0 Å². The molecule has 0 aromatic heterocycles. The highest BCUT2D eigenvalue weighted by Gasteiger charge is 2.03. The van der Waals surface area contributed by atoms with Crippen molar-refractivity contribution in [2.24, 2.45) is 0 Å². The maximum absolute atomic E-state index is 3.76. The summed E-state index contributed by atoms with van der Waals surface area (Å²) in [5.41, 5.74) is 21.3. The van der Waals surface area contributed by atoms with E-state index in [1.165, 1.54) is 89.0 Å². The van der Waals surface area contributed by atoms with Crippen LogP contribution in [0.3, 0.4) is 0 Å². The number of rotatable bonds is 22. The molecule has 0 aliphatic carbocycles. The minimum atomic E-state index is 1.04. The third-order valence-corrected chi connectivity index (χ3v) is 13.6. The van der Waals surface area contributed by atoms with E-state index in [4.69, 9.17) is 0 Å². The molecule has 0 heterocycles. The summed E-state index contributed by atoms with van der Waals surface area (Å²) >= 11 is 0. The first-order valence-corrected chi connectivity index (χ1v) is 28.1. The maximum atomic E-state index is 3.76. The molecule has 0 heteroatoms. The summed E-state index contributed by atoms with van der Waals surface area (Å²) in [6.07, 6.45) is 32.0. The van der Waals surface area contributed by atoms with Crippen LogP contribution in [-0.4, -0.2) is 0 Å². The van der Waals surface area contributed by atoms with Gasteiger partial charge in [-0.2, -0.15) is 0 Å². The molecule has 0 spiro atoms. The van der Waals surface area contributed by atoms with Crippen LogP contribution in [0.25, 0.3) is 44.5 Å². The van der Waals surface area contributed by atoms with Crippen LogP contribution in [0.5, 0.6) is 0 Å². The fourth-order valence-electron chi connectivity index (χ4n) is 8.73. The van der Waals surface area contributed by atoms with Crippen molar-refractivity contribution in [3.63, 3.8) is 0 Å². The molecule has 8 aromatic carbocycles. The van der Waals surface area contributed by atoms with Crippen molar-refractivity contribution >= 4 is 0 Å².